The number of nitrogens with two attached hydrogens (primary N) is 1. The highest BCUT2D eigenvalue weighted by molar-refractivity contribution is 7.14. The number of amides is 2. The number of carbonyl (C=O) groups is 3. The molecule has 0 bridgehead atoms. The summed E-state index contributed by atoms with van der Waals surface area (Å²) in [5, 5.41) is 13.6. The molecule has 21 heavy (non-hydrogen) atoms. The predicted molar refractivity (Wildman–Crippen MR) is 78.3 cm³/mol. The molecule has 0 saturated carbocycles. The first-order chi connectivity index (χ1) is 9.97. The van der Waals surface area contributed by atoms with Crippen LogP contribution in [0.15, 0.2) is 11.4 Å². The lowest BCUT2D eigenvalue weighted by molar-refractivity contribution is -0.138. The standard InChI is InChI=1S/C13H17N3O4S/c14-12(20)9-3-5-21-13(9)15-10(17)7-16-4-1-2-8(16)6-11(18)19/h3,5,8H,1-2,4,6-7H2,(H2,14,20)(H,15,17)(H,18,19). The van der Waals surface area contributed by atoms with Crippen molar-refractivity contribution in [3.8, 4) is 0 Å². The maximum absolute atomic E-state index is 12.0. The zero-order chi connectivity index (χ0) is 15.4. The summed E-state index contributed by atoms with van der Waals surface area (Å²) in [6.45, 7) is 0.826. The third-order valence-corrected chi connectivity index (χ3v) is 4.27. The molecule has 1 fully saturated rings. The van der Waals surface area contributed by atoms with Gasteiger partial charge in [0.05, 0.1) is 18.5 Å². The molecule has 1 aliphatic rings. The first kappa shape index (κ1) is 15.5. The Morgan fingerprint density at radius 1 is 1.48 bits per heavy atom. The number of anilines is 1. The van der Waals surface area contributed by atoms with Crippen molar-refractivity contribution in [1.82, 2.24) is 4.90 Å². The van der Waals surface area contributed by atoms with Gasteiger partial charge in [-0.2, -0.15) is 0 Å². The average Bonchev–Trinajstić information content (AvgIpc) is 2.99. The number of carboxylic acids is 1. The quantitative estimate of drug-likeness (QED) is 0.716. The van der Waals surface area contributed by atoms with Gasteiger partial charge in [-0.1, -0.05) is 0 Å². The first-order valence-electron chi connectivity index (χ1n) is 6.60. The lowest BCUT2D eigenvalue weighted by Gasteiger charge is -2.22. The van der Waals surface area contributed by atoms with E-state index >= 15 is 0 Å². The van der Waals surface area contributed by atoms with Crippen molar-refractivity contribution in [2.45, 2.75) is 25.3 Å². The van der Waals surface area contributed by atoms with Crippen LogP contribution in [-0.2, 0) is 9.59 Å². The molecule has 1 saturated heterocycles. The van der Waals surface area contributed by atoms with Crippen molar-refractivity contribution < 1.29 is 19.5 Å². The maximum Gasteiger partial charge on any atom is 0.304 e. The molecular formula is C13H17N3O4S. The van der Waals surface area contributed by atoms with Crippen molar-refractivity contribution in [2.24, 2.45) is 5.73 Å². The molecule has 1 aliphatic heterocycles. The summed E-state index contributed by atoms with van der Waals surface area (Å²) in [7, 11) is 0. The molecule has 1 aromatic rings. The third-order valence-electron chi connectivity index (χ3n) is 3.44. The van der Waals surface area contributed by atoms with Crippen LogP contribution in [0.1, 0.15) is 29.6 Å². The molecule has 114 valence electrons. The molecular weight excluding hydrogens is 294 g/mol. The van der Waals surface area contributed by atoms with E-state index in [4.69, 9.17) is 10.8 Å². The van der Waals surface area contributed by atoms with Crippen LogP contribution >= 0.6 is 11.3 Å². The lowest BCUT2D eigenvalue weighted by Crippen LogP contribution is -2.38. The van der Waals surface area contributed by atoms with Gasteiger partial charge in [-0.25, -0.2) is 0 Å². The Morgan fingerprint density at radius 3 is 2.90 bits per heavy atom. The molecule has 0 aliphatic carbocycles. The summed E-state index contributed by atoms with van der Waals surface area (Å²) < 4.78 is 0. The SMILES string of the molecule is NC(=O)c1ccsc1NC(=O)CN1CCCC1CC(=O)O. The second-order valence-electron chi connectivity index (χ2n) is 4.94. The summed E-state index contributed by atoms with van der Waals surface area (Å²) >= 11 is 1.23. The molecule has 0 spiro atoms. The number of thiophene rings is 1. The van der Waals surface area contributed by atoms with Crippen LogP contribution < -0.4 is 11.1 Å². The average molecular weight is 311 g/mol. The van der Waals surface area contributed by atoms with E-state index in [1.54, 1.807) is 11.4 Å². The molecule has 1 unspecified atom stereocenters. The Labute approximate surface area is 125 Å². The number of nitrogens with one attached hydrogen (secondary N) is 1. The minimum absolute atomic E-state index is 0.0405. The Hall–Kier alpha value is -1.93. The maximum atomic E-state index is 12.0. The highest BCUT2D eigenvalue weighted by atomic mass is 32.1. The van der Waals surface area contributed by atoms with Crippen molar-refractivity contribution in [1.29, 1.82) is 0 Å². The van der Waals surface area contributed by atoms with Crippen LogP contribution in [0.5, 0.6) is 0 Å². The molecule has 0 aromatic carbocycles. The fourth-order valence-electron chi connectivity index (χ4n) is 2.49. The van der Waals surface area contributed by atoms with Crippen molar-refractivity contribution in [3.05, 3.63) is 17.0 Å². The highest BCUT2D eigenvalue weighted by Crippen LogP contribution is 2.23. The van der Waals surface area contributed by atoms with E-state index in [0.717, 1.165) is 12.8 Å². The lowest BCUT2D eigenvalue weighted by atomic mass is 10.1. The molecule has 8 heteroatoms. The van der Waals surface area contributed by atoms with Crippen LogP contribution in [0.25, 0.3) is 0 Å². The van der Waals surface area contributed by atoms with E-state index in [2.05, 4.69) is 5.32 Å². The molecule has 0 radical (unpaired) electrons. The molecule has 2 rings (SSSR count). The fraction of sp³-hybridized carbons (Fsp3) is 0.462. The number of primary amides is 1. The van der Waals surface area contributed by atoms with E-state index in [-0.39, 0.29) is 30.5 Å². The Morgan fingerprint density at radius 2 is 2.24 bits per heavy atom. The van der Waals surface area contributed by atoms with Crippen LogP contribution in [0, 0.1) is 0 Å². The summed E-state index contributed by atoms with van der Waals surface area (Å²) in [5.41, 5.74) is 5.50. The van der Waals surface area contributed by atoms with E-state index in [1.165, 1.54) is 11.3 Å². The van der Waals surface area contributed by atoms with Crippen molar-refractivity contribution >= 4 is 34.1 Å². The molecule has 2 amide bonds. The number of likely N-dealkylation sites (tertiary alicyclic amines) is 1. The molecule has 1 aromatic heterocycles. The van der Waals surface area contributed by atoms with Crippen LogP contribution in [0.4, 0.5) is 5.00 Å². The van der Waals surface area contributed by atoms with Gasteiger partial charge in [0, 0.05) is 6.04 Å². The first-order valence-corrected chi connectivity index (χ1v) is 7.48. The fourth-order valence-corrected chi connectivity index (χ4v) is 3.30. The zero-order valence-corrected chi connectivity index (χ0v) is 12.2. The van der Waals surface area contributed by atoms with Gasteiger partial charge < -0.3 is 16.2 Å². The van der Waals surface area contributed by atoms with Gasteiger partial charge in [-0.15, -0.1) is 11.3 Å². The summed E-state index contributed by atoms with van der Waals surface area (Å²) in [6.07, 6.45) is 1.71. The predicted octanol–water partition coefficient (Wildman–Crippen LogP) is 0.725. The van der Waals surface area contributed by atoms with Crippen LogP contribution in [0.3, 0.4) is 0 Å². The summed E-state index contributed by atoms with van der Waals surface area (Å²) in [5.74, 6) is -1.71. The third kappa shape index (κ3) is 4.02. The van der Waals surface area contributed by atoms with E-state index in [1.807, 2.05) is 4.90 Å². The molecule has 7 nitrogen and oxygen atoms in total. The second kappa shape index (κ2) is 6.68. The van der Waals surface area contributed by atoms with E-state index < -0.39 is 11.9 Å². The van der Waals surface area contributed by atoms with E-state index in [9.17, 15) is 14.4 Å². The monoisotopic (exact) mass is 311 g/mol. The van der Waals surface area contributed by atoms with Gasteiger partial charge >= 0.3 is 5.97 Å². The van der Waals surface area contributed by atoms with Crippen LogP contribution in [-0.4, -0.2) is 46.9 Å². The Balaban J connectivity index is 1.93. The summed E-state index contributed by atoms with van der Waals surface area (Å²) in [6, 6.07) is 1.46. The van der Waals surface area contributed by atoms with Crippen molar-refractivity contribution in [3.63, 3.8) is 0 Å². The Bertz CT molecular complexity index is 557. The van der Waals surface area contributed by atoms with Gasteiger partial charge in [-0.05, 0) is 30.8 Å². The Kier molecular flexibility index (Phi) is 4.92. The number of nitrogens with zero attached hydrogens (tertiary/aromatic N) is 1. The molecule has 4 N–H and O–H groups in total. The highest BCUT2D eigenvalue weighted by Gasteiger charge is 2.28. The zero-order valence-electron chi connectivity index (χ0n) is 11.4. The molecule has 1 atom stereocenters. The van der Waals surface area contributed by atoms with Gasteiger partial charge in [0.2, 0.25) is 5.91 Å². The van der Waals surface area contributed by atoms with Gasteiger partial charge in [0.1, 0.15) is 5.00 Å². The number of carboxylic acid groups (broad SMARTS) is 1. The normalized spacial score (nSPS) is 18.6. The van der Waals surface area contributed by atoms with Crippen LogP contribution in [0.2, 0.25) is 0 Å². The smallest absolute Gasteiger partial charge is 0.304 e. The van der Waals surface area contributed by atoms with Gasteiger partial charge in [-0.3, -0.25) is 19.3 Å². The summed E-state index contributed by atoms with van der Waals surface area (Å²) in [4.78, 5) is 35.9. The number of hydrogen-bond acceptors (Lipinski definition) is 5. The minimum Gasteiger partial charge on any atom is -0.481 e. The van der Waals surface area contributed by atoms with E-state index in [0.29, 0.717) is 11.5 Å². The second-order valence-corrected chi connectivity index (χ2v) is 5.86. The minimum atomic E-state index is -0.860. The number of hydrogen-bond donors (Lipinski definition) is 3. The van der Waals surface area contributed by atoms with Gasteiger partial charge in [0.15, 0.2) is 0 Å². The largest absolute Gasteiger partial charge is 0.481 e. The number of rotatable bonds is 6. The van der Waals surface area contributed by atoms with Crippen molar-refractivity contribution in [2.75, 3.05) is 18.4 Å². The number of carbonyl (C=O) groups excluding carboxylic acids is 2. The topological polar surface area (TPSA) is 113 Å². The molecule has 2 heterocycles. The van der Waals surface area contributed by atoms with Gasteiger partial charge in [0.25, 0.3) is 5.91 Å². The number of aliphatic carboxylic acids is 1.